The van der Waals surface area contributed by atoms with Gasteiger partial charge in [-0.15, -0.1) is 0 Å². The van der Waals surface area contributed by atoms with Crippen molar-refractivity contribution in [1.29, 1.82) is 0 Å². The van der Waals surface area contributed by atoms with E-state index < -0.39 is 84.0 Å². The number of rotatable bonds is 37. The van der Waals surface area contributed by atoms with E-state index in [1.807, 2.05) is 11.8 Å². The largest absolute Gasteiger partial charge is 0.493 e. The molecule has 0 bridgehead atoms. The molecule has 0 radical (unpaired) electrons. The minimum absolute atomic E-state index is 0.0316. The monoisotopic (exact) mass is 1400 g/mol. The highest BCUT2D eigenvalue weighted by molar-refractivity contribution is 6.04. The van der Waals surface area contributed by atoms with E-state index in [9.17, 15) is 53.1 Å². The lowest BCUT2D eigenvalue weighted by Crippen LogP contribution is -2.53. The molecule has 0 aromatic heterocycles. The number of likely N-dealkylation sites (tertiary alicyclic amines) is 2. The number of hydrogen-bond donors (Lipinski definition) is 8. The number of hydrogen-bond acceptors (Lipinski definition) is 19. The second-order valence-corrected chi connectivity index (χ2v) is 25.0. The van der Waals surface area contributed by atoms with E-state index in [0.717, 1.165) is 19.3 Å². The molecule has 2 saturated heterocycles. The molecule has 2 heterocycles. The summed E-state index contributed by atoms with van der Waals surface area (Å²) in [6, 6.07) is 14.9. The van der Waals surface area contributed by atoms with Crippen LogP contribution >= 0.6 is 0 Å². The van der Waals surface area contributed by atoms with Crippen LogP contribution in [0.3, 0.4) is 0 Å². The summed E-state index contributed by atoms with van der Waals surface area (Å²) in [4.78, 5) is 136. The molecule has 28 nitrogen and oxygen atoms in total. The Kier molecular flexibility index (Phi) is 31.5. The maximum absolute atomic E-state index is 14.3. The summed E-state index contributed by atoms with van der Waals surface area (Å²) in [5.74, 6) is -3.09. The molecule has 28 heteroatoms. The van der Waals surface area contributed by atoms with Crippen LogP contribution in [0.2, 0.25) is 0 Å². The smallest absolute Gasteiger partial charge is 0.411 e. The molecule has 9 amide bonds. The van der Waals surface area contributed by atoms with Crippen molar-refractivity contribution in [2.24, 2.45) is 11.8 Å². The lowest BCUT2D eigenvalue weighted by Gasteiger charge is -2.25. The summed E-state index contributed by atoms with van der Waals surface area (Å²) >= 11 is 0. The average molecular weight is 1400 g/mol. The summed E-state index contributed by atoms with van der Waals surface area (Å²) in [5.41, 5.74) is 2.77. The fraction of sp³-hybridized carbons (Fsp3) is 0.479. The summed E-state index contributed by atoms with van der Waals surface area (Å²) < 4.78 is 45.2. The Morgan fingerprint density at radius 1 is 0.535 bits per heavy atom. The van der Waals surface area contributed by atoms with E-state index in [4.69, 9.17) is 37.9 Å². The van der Waals surface area contributed by atoms with Gasteiger partial charge in [0.2, 0.25) is 23.6 Å². The quantitative estimate of drug-likeness (QED) is 0.00905. The predicted octanol–water partition coefficient (Wildman–Crippen LogP) is 8.74. The summed E-state index contributed by atoms with van der Waals surface area (Å²) in [6.45, 7) is 19.6. The normalized spacial score (nSPS) is 15.1. The van der Waals surface area contributed by atoms with Crippen molar-refractivity contribution in [2.75, 3.05) is 76.3 Å². The first-order chi connectivity index (χ1) is 48.4. The van der Waals surface area contributed by atoms with E-state index in [1.54, 1.807) is 93.3 Å². The van der Waals surface area contributed by atoms with Crippen molar-refractivity contribution in [3.63, 3.8) is 0 Å². The van der Waals surface area contributed by atoms with Gasteiger partial charge in [0, 0.05) is 42.1 Å². The molecule has 4 aromatic carbocycles. The van der Waals surface area contributed by atoms with Gasteiger partial charge < -0.3 is 84.7 Å². The molecule has 0 unspecified atom stereocenters. The van der Waals surface area contributed by atoms with E-state index in [1.165, 1.54) is 52.4 Å². The number of aliphatic hydroxyl groups is 1. The van der Waals surface area contributed by atoms with Crippen LogP contribution in [0.4, 0.5) is 31.4 Å². The molecule has 2 fully saturated rings. The molecule has 0 spiro atoms. The number of carbonyl (C=O) groups is 10. The minimum Gasteiger partial charge on any atom is -0.493 e. The lowest BCUT2D eigenvalue weighted by molar-refractivity contribution is -0.144. The number of methoxy groups -OCH3 is 2. The number of alkyl carbamates (subject to hydrolysis) is 2. The highest BCUT2D eigenvalue weighted by atomic mass is 16.6. The number of nitrogens with zero attached hydrogens (tertiary/aromatic N) is 2. The Balaban J connectivity index is 1.04. The second kappa shape index (κ2) is 40.0. The predicted molar refractivity (Wildman–Crippen MR) is 376 cm³/mol. The van der Waals surface area contributed by atoms with Gasteiger partial charge in [-0.25, -0.2) is 14.4 Å². The molecule has 0 aliphatic carbocycles. The first kappa shape index (κ1) is 79.6. The topological polar surface area (TPSA) is 355 Å². The number of esters is 1. The zero-order valence-electron chi connectivity index (χ0n) is 59.0. The number of anilines is 3. The first-order valence-electron chi connectivity index (χ1n) is 33.9. The fourth-order valence-electron chi connectivity index (χ4n) is 11.2. The summed E-state index contributed by atoms with van der Waals surface area (Å²) in [6.07, 6.45) is 5.42. The SMILES string of the molecule is C=CCOC(=O)N[C@H](C(=O)N[C@@H](C)C(=O)Nc1ccc(COC(=O)Cc2cc(OCCCCCOc3cc(NC(=O)OCc4ccc(NC(=O)[C@H](C)NC(=O)[C@@H](NC(=O)OCC=C)C(C)C)cc4)c(C(=O)N4CCC[C@H]4CO)cc3OC)c(OC)cc2C(=O)N2CCC[C@H]2CC)cc1)C(C)C. The molecule has 101 heavy (non-hydrogen) atoms. The third kappa shape index (κ3) is 23.9. The number of unbranched alkanes of at least 4 members (excludes halogenated alkanes) is 2. The van der Waals surface area contributed by atoms with Crippen molar-refractivity contribution < 1.29 is 90.9 Å². The van der Waals surface area contributed by atoms with Gasteiger partial charge in [-0.1, -0.05) is 84.2 Å². The maximum atomic E-state index is 14.3. The van der Waals surface area contributed by atoms with Gasteiger partial charge in [-0.05, 0) is 136 Å². The van der Waals surface area contributed by atoms with Crippen molar-refractivity contribution in [3.05, 3.63) is 126 Å². The minimum atomic E-state index is -0.991. The van der Waals surface area contributed by atoms with Crippen molar-refractivity contribution in [3.8, 4) is 23.0 Å². The van der Waals surface area contributed by atoms with Crippen molar-refractivity contribution in [2.45, 2.75) is 156 Å². The van der Waals surface area contributed by atoms with Crippen LogP contribution in [-0.4, -0.2) is 171 Å². The van der Waals surface area contributed by atoms with Gasteiger partial charge in [0.05, 0.1) is 57.8 Å². The third-order valence-electron chi connectivity index (χ3n) is 16.8. The molecule has 548 valence electrons. The zero-order valence-corrected chi connectivity index (χ0v) is 59.0. The Morgan fingerprint density at radius 3 is 1.46 bits per heavy atom. The summed E-state index contributed by atoms with van der Waals surface area (Å²) in [5, 5.41) is 28.5. The molecule has 2 aliphatic heterocycles. The van der Waals surface area contributed by atoms with Gasteiger partial charge in [-0.2, -0.15) is 0 Å². The van der Waals surface area contributed by atoms with Gasteiger partial charge in [0.15, 0.2) is 23.0 Å². The molecular formula is C73H97N9O19. The molecule has 2 aliphatic rings. The van der Waals surface area contributed by atoms with Crippen molar-refractivity contribution >= 4 is 76.8 Å². The van der Waals surface area contributed by atoms with Crippen LogP contribution in [0.15, 0.2) is 98.1 Å². The number of aliphatic hydroxyl groups excluding tert-OH is 1. The van der Waals surface area contributed by atoms with E-state index >= 15 is 0 Å². The molecule has 4 aromatic rings. The summed E-state index contributed by atoms with van der Waals surface area (Å²) in [7, 11) is 2.89. The van der Waals surface area contributed by atoms with E-state index in [-0.39, 0.29) is 105 Å². The molecular weight excluding hydrogens is 1310 g/mol. The standard InChI is InChI=1S/C73H97N9O19/c1-12-32-98-72(92)79-63(44(4)5)67(87)74-46(8)65(85)76-51-26-22-48(23-27-51)42-100-62(84)37-50-36-60(58(94-10)38-55(50)69(89)81-30-18-20-53(81)14-3)96-34-16-15-17-35-97-61-40-57(56(39-59(61)95-11)70(90)82-31-19-21-54(82)41-83)78-71(91)101-43-49-24-28-52(29-25-49)77-66(86)47(9)75-68(88)64(45(6)7)80-73(93)99-33-13-2/h12-13,22-29,36,38-40,44-47,53-54,63-64,83H,1-2,14-21,30-35,37,41-43H2,3-11H3,(H,74,87)(H,75,88)(H,76,85)(H,77,86)(H,78,91)(H,79,92)(H,80,93)/t46-,47-,53+,54-,63-,64-/m0/s1. The second-order valence-electron chi connectivity index (χ2n) is 25.0. The first-order valence-corrected chi connectivity index (χ1v) is 33.9. The zero-order chi connectivity index (χ0) is 73.7. The number of nitrogens with one attached hydrogen (secondary N) is 7. The third-order valence-corrected chi connectivity index (χ3v) is 16.8. The Bertz CT molecular complexity index is 3300. The number of ether oxygens (including phenoxy) is 8. The number of benzene rings is 4. The fourth-order valence-corrected chi connectivity index (χ4v) is 11.2. The van der Waals surface area contributed by atoms with Gasteiger partial charge in [0.1, 0.15) is 50.6 Å². The molecule has 0 saturated carbocycles. The van der Waals surface area contributed by atoms with Crippen molar-refractivity contribution in [1.82, 2.24) is 31.1 Å². The highest BCUT2D eigenvalue weighted by Gasteiger charge is 2.35. The van der Waals surface area contributed by atoms with Crippen LogP contribution in [-0.2, 0) is 62.6 Å². The van der Waals surface area contributed by atoms with Gasteiger partial charge >= 0.3 is 24.2 Å². The number of carbonyl (C=O) groups excluding carboxylic acids is 10. The average Bonchev–Trinajstić information content (AvgIpc) is 1.78. The Hall–Kier alpha value is -10.4. The lowest BCUT2D eigenvalue weighted by atomic mass is 10.0. The molecule has 6 atom stereocenters. The highest BCUT2D eigenvalue weighted by Crippen LogP contribution is 2.37. The van der Waals surface area contributed by atoms with Crippen LogP contribution in [0, 0.1) is 11.8 Å². The van der Waals surface area contributed by atoms with E-state index in [2.05, 4.69) is 50.4 Å². The van der Waals surface area contributed by atoms with Crippen LogP contribution < -0.4 is 56.2 Å². The van der Waals surface area contributed by atoms with Crippen LogP contribution in [0.25, 0.3) is 0 Å². The van der Waals surface area contributed by atoms with E-state index in [0.29, 0.717) is 84.8 Å². The molecule has 8 N–H and O–H groups in total. The van der Waals surface area contributed by atoms with Gasteiger partial charge in [-0.3, -0.25) is 38.9 Å². The number of amides is 9. The van der Waals surface area contributed by atoms with Crippen LogP contribution in [0.1, 0.15) is 137 Å². The van der Waals surface area contributed by atoms with Gasteiger partial charge in [0.25, 0.3) is 11.8 Å². The van der Waals surface area contributed by atoms with Crippen LogP contribution in [0.5, 0.6) is 23.0 Å². The Morgan fingerprint density at radius 2 is 0.990 bits per heavy atom. The maximum Gasteiger partial charge on any atom is 0.411 e. The molecule has 6 rings (SSSR count). The Labute approximate surface area is 589 Å².